The van der Waals surface area contributed by atoms with E-state index < -0.39 is 12.0 Å². The predicted octanol–water partition coefficient (Wildman–Crippen LogP) is 1.67. The van der Waals surface area contributed by atoms with E-state index in [1.54, 1.807) is 12.1 Å². The number of amides is 1. The van der Waals surface area contributed by atoms with Gasteiger partial charge in [-0.2, -0.15) is 0 Å². The van der Waals surface area contributed by atoms with E-state index in [9.17, 15) is 14.4 Å². The van der Waals surface area contributed by atoms with Crippen molar-refractivity contribution in [3.63, 3.8) is 0 Å². The molecule has 1 heterocycles. The van der Waals surface area contributed by atoms with Crippen molar-refractivity contribution in [1.82, 2.24) is 4.90 Å². The van der Waals surface area contributed by atoms with Crippen LogP contribution in [-0.4, -0.2) is 42.3 Å². The number of ketones is 1. The van der Waals surface area contributed by atoms with Gasteiger partial charge in [-0.3, -0.25) is 9.59 Å². The fraction of sp³-hybridized carbons (Fsp3) is 0.438. The van der Waals surface area contributed by atoms with Crippen molar-refractivity contribution in [1.29, 1.82) is 0 Å². The topological polar surface area (TPSA) is 63.7 Å². The quantitative estimate of drug-likeness (QED) is 0.625. The van der Waals surface area contributed by atoms with Crippen LogP contribution in [0.5, 0.6) is 0 Å². The zero-order valence-electron chi connectivity index (χ0n) is 12.2. The molecule has 0 spiro atoms. The van der Waals surface area contributed by atoms with Gasteiger partial charge in [0.2, 0.25) is 5.91 Å². The number of hydrogen-bond acceptors (Lipinski definition) is 4. The summed E-state index contributed by atoms with van der Waals surface area (Å²) in [6.07, 6.45) is 0.812. The van der Waals surface area contributed by atoms with Gasteiger partial charge in [0.25, 0.3) is 0 Å². The first-order valence-electron chi connectivity index (χ1n) is 6.96. The standard InChI is InChI=1S/C16H19NO4/c1-11(18)17-10-12(8-14(17)16(20)21-2)9-15(19)13-6-4-3-5-7-13/h3-7,12,14H,8-10H2,1-2H3/t12-,14-/m0/s1. The van der Waals surface area contributed by atoms with E-state index >= 15 is 0 Å². The fourth-order valence-electron chi connectivity index (χ4n) is 2.78. The molecule has 0 aliphatic carbocycles. The maximum atomic E-state index is 12.2. The molecule has 1 saturated heterocycles. The van der Waals surface area contributed by atoms with Gasteiger partial charge in [0, 0.05) is 25.5 Å². The molecule has 2 atom stereocenters. The predicted molar refractivity (Wildman–Crippen MR) is 76.7 cm³/mol. The van der Waals surface area contributed by atoms with Crippen LogP contribution in [0.4, 0.5) is 0 Å². The van der Waals surface area contributed by atoms with Gasteiger partial charge in [-0.15, -0.1) is 0 Å². The maximum absolute atomic E-state index is 12.2. The molecule has 0 radical (unpaired) electrons. The highest BCUT2D eigenvalue weighted by atomic mass is 16.5. The van der Waals surface area contributed by atoms with Gasteiger partial charge in [-0.1, -0.05) is 30.3 Å². The Morgan fingerprint density at radius 2 is 1.90 bits per heavy atom. The van der Waals surface area contributed by atoms with E-state index in [0.29, 0.717) is 24.9 Å². The Labute approximate surface area is 123 Å². The molecule has 0 aromatic heterocycles. The summed E-state index contributed by atoms with van der Waals surface area (Å²) in [7, 11) is 1.31. The minimum atomic E-state index is -0.568. The van der Waals surface area contributed by atoms with E-state index in [4.69, 9.17) is 4.74 Å². The molecular weight excluding hydrogens is 270 g/mol. The van der Waals surface area contributed by atoms with Crippen LogP contribution in [-0.2, 0) is 14.3 Å². The Morgan fingerprint density at radius 3 is 2.48 bits per heavy atom. The minimum Gasteiger partial charge on any atom is -0.467 e. The van der Waals surface area contributed by atoms with Crippen LogP contribution in [0.15, 0.2) is 30.3 Å². The minimum absolute atomic E-state index is 0.00861. The molecule has 1 aliphatic heterocycles. The number of likely N-dealkylation sites (tertiary alicyclic amines) is 1. The van der Waals surface area contributed by atoms with Gasteiger partial charge in [0.05, 0.1) is 7.11 Å². The average molecular weight is 289 g/mol. The summed E-state index contributed by atoms with van der Waals surface area (Å²) in [6.45, 7) is 1.85. The molecule has 2 rings (SSSR count). The molecule has 0 bridgehead atoms. The molecule has 21 heavy (non-hydrogen) atoms. The number of hydrogen-bond donors (Lipinski definition) is 0. The third kappa shape index (κ3) is 3.48. The number of Topliss-reactive ketones (excluding diaryl/α,β-unsaturated/α-hetero) is 1. The summed E-state index contributed by atoms with van der Waals surface area (Å²) in [5.41, 5.74) is 0.661. The number of carbonyl (C=O) groups excluding carboxylic acids is 3. The van der Waals surface area contributed by atoms with Crippen LogP contribution < -0.4 is 0 Å². The SMILES string of the molecule is COC(=O)[C@@H]1C[C@@H](CC(=O)c2ccccc2)CN1C(C)=O. The number of carbonyl (C=O) groups is 3. The van der Waals surface area contributed by atoms with Crippen molar-refractivity contribution in [2.24, 2.45) is 5.92 Å². The molecule has 1 fully saturated rings. The molecule has 0 N–H and O–H groups in total. The largest absolute Gasteiger partial charge is 0.467 e. The summed E-state index contributed by atoms with van der Waals surface area (Å²) in [6, 6.07) is 8.48. The lowest BCUT2D eigenvalue weighted by molar-refractivity contribution is -0.150. The van der Waals surface area contributed by atoms with Gasteiger partial charge < -0.3 is 9.64 Å². The highest BCUT2D eigenvalue weighted by Gasteiger charge is 2.39. The second kappa shape index (κ2) is 6.52. The molecule has 5 nitrogen and oxygen atoms in total. The number of benzene rings is 1. The van der Waals surface area contributed by atoms with Crippen LogP contribution >= 0.6 is 0 Å². The summed E-state index contributed by atoms with van der Waals surface area (Å²) in [5, 5.41) is 0. The van der Waals surface area contributed by atoms with Crippen LogP contribution in [0.25, 0.3) is 0 Å². The third-order valence-electron chi connectivity index (χ3n) is 3.84. The van der Waals surface area contributed by atoms with Gasteiger partial charge in [0.1, 0.15) is 6.04 Å². The normalized spacial score (nSPS) is 21.1. The Hall–Kier alpha value is -2.17. The second-order valence-electron chi connectivity index (χ2n) is 5.31. The van der Waals surface area contributed by atoms with Crippen molar-refractivity contribution in [3.8, 4) is 0 Å². The number of nitrogens with zero attached hydrogens (tertiary/aromatic N) is 1. The first kappa shape index (κ1) is 15.2. The van der Waals surface area contributed by atoms with Gasteiger partial charge >= 0.3 is 5.97 Å². The molecule has 1 amide bonds. The number of rotatable bonds is 4. The second-order valence-corrected chi connectivity index (χ2v) is 5.31. The van der Waals surface area contributed by atoms with Crippen LogP contribution in [0.2, 0.25) is 0 Å². The summed E-state index contributed by atoms with van der Waals surface area (Å²) in [4.78, 5) is 37.0. The highest BCUT2D eigenvalue weighted by Crippen LogP contribution is 2.28. The van der Waals surface area contributed by atoms with E-state index in [0.717, 1.165) is 0 Å². The summed E-state index contributed by atoms with van der Waals surface area (Å²) in [5.74, 6) is -0.555. The lowest BCUT2D eigenvalue weighted by atomic mass is 9.96. The number of ether oxygens (including phenoxy) is 1. The summed E-state index contributed by atoms with van der Waals surface area (Å²) >= 11 is 0. The zero-order chi connectivity index (χ0) is 15.4. The van der Waals surface area contributed by atoms with Crippen LogP contribution in [0.1, 0.15) is 30.1 Å². The van der Waals surface area contributed by atoms with Gasteiger partial charge in [-0.05, 0) is 12.3 Å². The molecular formula is C16H19NO4. The lowest BCUT2D eigenvalue weighted by Gasteiger charge is -2.20. The summed E-state index contributed by atoms with van der Waals surface area (Å²) < 4.78 is 4.73. The molecule has 1 aromatic rings. The molecule has 112 valence electrons. The third-order valence-corrected chi connectivity index (χ3v) is 3.84. The highest BCUT2D eigenvalue weighted by molar-refractivity contribution is 5.96. The lowest BCUT2D eigenvalue weighted by Crippen LogP contribution is -2.39. The van der Waals surface area contributed by atoms with E-state index in [1.807, 2.05) is 18.2 Å². The molecule has 1 aliphatic rings. The van der Waals surface area contributed by atoms with Gasteiger partial charge in [-0.25, -0.2) is 4.79 Å². The van der Waals surface area contributed by atoms with Crippen molar-refractivity contribution in [2.75, 3.05) is 13.7 Å². The Balaban J connectivity index is 2.04. The number of esters is 1. The maximum Gasteiger partial charge on any atom is 0.328 e. The van der Waals surface area contributed by atoms with Crippen molar-refractivity contribution >= 4 is 17.7 Å². The first-order valence-corrected chi connectivity index (χ1v) is 6.96. The first-order chi connectivity index (χ1) is 10.0. The van der Waals surface area contributed by atoms with Crippen LogP contribution in [0, 0.1) is 5.92 Å². The Kier molecular flexibility index (Phi) is 4.73. The Morgan fingerprint density at radius 1 is 1.24 bits per heavy atom. The smallest absolute Gasteiger partial charge is 0.328 e. The molecule has 5 heteroatoms. The van der Waals surface area contributed by atoms with E-state index in [1.165, 1.54) is 18.9 Å². The van der Waals surface area contributed by atoms with E-state index in [2.05, 4.69) is 0 Å². The van der Waals surface area contributed by atoms with Gasteiger partial charge in [0.15, 0.2) is 5.78 Å². The zero-order valence-corrected chi connectivity index (χ0v) is 12.2. The molecule has 0 unspecified atom stereocenters. The van der Waals surface area contributed by atoms with Crippen LogP contribution in [0.3, 0.4) is 0 Å². The average Bonchev–Trinajstić information content (AvgIpc) is 2.91. The number of methoxy groups -OCH3 is 1. The molecule has 1 aromatic carbocycles. The molecule has 0 saturated carbocycles. The van der Waals surface area contributed by atoms with Crippen molar-refractivity contribution < 1.29 is 19.1 Å². The van der Waals surface area contributed by atoms with E-state index in [-0.39, 0.29) is 17.6 Å². The van der Waals surface area contributed by atoms with Crippen molar-refractivity contribution in [2.45, 2.75) is 25.8 Å². The Bertz CT molecular complexity index is 540. The fourth-order valence-corrected chi connectivity index (χ4v) is 2.78. The van der Waals surface area contributed by atoms with Crippen molar-refractivity contribution in [3.05, 3.63) is 35.9 Å². The monoisotopic (exact) mass is 289 g/mol.